The van der Waals surface area contributed by atoms with Gasteiger partial charge in [0.15, 0.2) is 0 Å². The second-order valence-corrected chi connectivity index (χ2v) is 5.63. The molecule has 1 aromatic carbocycles. The van der Waals surface area contributed by atoms with Gasteiger partial charge < -0.3 is 14.5 Å². The van der Waals surface area contributed by atoms with Gasteiger partial charge in [0.05, 0.1) is 0 Å². The summed E-state index contributed by atoms with van der Waals surface area (Å²) in [5.41, 5.74) is 2.31. The molecular weight excluding hydrogens is 215 g/mol. The van der Waals surface area contributed by atoms with Crippen LogP contribution in [0.25, 0.3) is 11.0 Å². The first-order valence-electron chi connectivity index (χ1n) is 5.74. The molecule has 3 nitrogen and oxygen atoms in total. The van der Waals surface area contributed by atoms with Crippen LogP contribution in [0.3, 0.4) is 0 Å². The zero-order valence-electron chi connectivity index (χ0n) is 10.4. The van der Waals surface area contributed by atoms with Crippen LogP contribution in [0, 0.1) is 5.41 Å². The average Bonchev–Trinajstić information content (AvgIpc) is 2.57. The molecule has 1 aromatic heterocycles. The van der Waals surface area contributed by atoms with E-state index in [2.05, 4.69) is 26.8 Å². The van der Waals surface area contributed by atoms with Crippen molar-refractivity contribution in [2.75, 3.05) is 0 Å². The molecular formula is C13H17BO3. The average molecular weight is 232 g/mol. The predicted molar refractivity (Wildman–Crippen MR) is 69.2 cm³/mol. The largest absolute Gasteiger partial charge is 0.526 e. The first-order chi connectivity index (χ1) is 7.85. The lowest BCUT2D eigenvalue weighted by molar-refractivity contribution is 0.409. The number of hydrogen-bond donors (Lipinski definition) is 2. The SMILES string of the molecule is CC(C)(C)Cc1ccc2cc(B(O)O)oc2c1. The van der Waals surface area contributed by atoms with Crippen LogP contribution < -0.4 is 5.66 Å². The molecule has 0 atom stereocenters. The highest BCUT2D eigenvalue weighted by molar-refractivity contribution is 6.57. The number of benzene rings is 1. The Morgan fingerprint density at radius 2 is 1.88 bits per heavy atom. The van der Waals surface area contributed by atoms with Crippen molar-refractivity contribution in [2.45, 2.75) is 27.2 Å². The second kappa shape index (κ2) is 4.20. The Hall–Kier alpha value is -1.26. The van der Waals surface area contributed by atoms with Gasteiger partial charge in [-0.2, -0.15) is 0 Å². The maximum Gasteiger partial charge on any atom is 0.526 e. The van der Waals surface area contributed by atoms with E-state index in [0.29, 0.717) is 5.58 Å². The summed E-state index contributed by atoms with van der Waals surface area (Å²) < 4.78 is 5.38. The van der Waals surface area contributed by atoms with Crippen LogP contribution in [-0.2, 0) is 6.42 Å². The minimum atomic E-state index is -1.55. The van der Waals surface area contributed by atoms with Gasteiger partial charge in [-0.25, -0.2) is 0 Å². The summed E-state index contributed by atoms with van der Waals surface area (Å²) >= 11 is 0. The minimum Gasteiger partial charge on any atom is -0.465 e. The fraction of sp³-hybridized carbons (Fsp3) is 0.385. The van der Waals surface area contributed by atoms with Crippen molar-refractivity contribution in [3.05, 3.63) is 29.8 Å². The lowest BCUT2D eigenvalue weighted by Crippen LogP contribution is -2.27. The number of hydrogen-bond acceptors (Lipinski definition) is 3. The molecule has 0 aliphatic heterocycles. The summed E-state index contributed by atoms with van der Waals surface area (Å²) in [7, 11) is -1.55. The Bertz CT molecular complexity index is 523. The van der Waals surface area contributed by atoms with Crippen molar-refractivity contribution in [1.29, 1.82) is 0 Å². The molecule has 2 N–H and O–H groups in total. The molecule has 0 fully saturated rings. The van der Waals surface area contributed by atoms with Crippen LogP contribution in [0.5, 0.6) is 0 Å². The molecule has 0 aliphatic rings. The Morgan fingerprint density at radius 3 is 2.47 bits per heavy atom. The molecule has 4 heteroatoms. The normalized spacial score (nSPS) is 12.1. The number of furan rings is 1. The maximum absolute atomic E-state index is 9.04. The van der Waals surface area contributed by atoms with E-state index in [-0.39, 0.29) is 11.1 Å². The molecule has 90 valence electrons. The van der Waals surface area contributed by atoms with Crippen molar-refractivity contribution in [3.63, 3.8) is 0 Å². The Balaban J connectivity index is 2.37. The van der Waals surface area contributed by atoms with Crippen LogP contribution in [-0.4, -0.2) is 17.2 Å². The minimum absolute atomic E-state index is 0.188. The summed E-state index contributed by atoms with van der Waals surface area (Å²) in [6.07, 6.45) is 0.959. The Labute approximate surface area is 101 Å². The van der Waals surface area contributed by atoms with E-state index >= 15 is 0 Å². The van der Waals surface area contributed by atoms with Crippen molar-refractivity contribution in [2.24, 2.45) is 5.41 Å². The molecule has 0 saturated heterocycles. The van der Waals surface area contributed by atoms with E-state index in [9.17, 15) is 0 Å². The van der Waals surface area contributed by atoms with E-state index in [1.165, 1.54) is 5.56 Å². The lowest BCUT2D eigenvalue weighted by atomic mass is 9.87. The lowest BCUT2D eigenvalue weighted by Gasteiger charge is -2.17. The van der Waals surface area contributed by atoms with Gasteiger partial charge in [-0.3, -0.25) is 0 Å². The molecule has 2 aromatic rings. The van der Waals surface area contributed by atoms with Gasteiger partial charge in [-0.05, 0) is 29.5 Å². The molecule has 1 heterocycles. The summed E-state index contributed by atoms with van der Waals surface area (Å²) in [4.78, 5) is 0. The molecule has 0 unspecified atom stereocenters. The third-order valence-electron chi connectivity index (χ3n) is 2.59. The zero-order valence-corrected chi connectivity index (χ0v) is 10.4. The number of rotatable bonds is 2. The van der Waals surface area contributed by atoms with Crippen LogP contribution in [0.4, 0.5) is 0 Å². The maximum atomic E-state index is 9.04. The summed E-state index contributed by atoms with van der Waals surface area (Å²) in [6, 6.07) is 7.62. The molecule has 0 saturated carbocycles. The third-order valence-corrected chi connectivity index (χ3v) is 2.59. The summed E-state index contributed by atoms with van der Waals surface area (Å²) in [5.74, 6) is 0. The van der Waals surface area contributed by atoms with Crippen molar-refractivity contribution >= 4 is 23.7 Å². The molecule has 0 aliphatic carbocycles. The fourth-order valence-corrected chi connectivity index (χ4v) is 1.95. The summed E-state index contributed by atoms with van der Waals surface area (Å²) in [6.45, 7) is 6.55. The fourth-order valence-electron chi connectivity index (χ4n) is 1.95. The topological polar surface area (TPSA) is 53.6 Å². The summed E-state index contributed by atoms with van der Waals surface area (Å²) in [5, 5.41) is 19.0. The van der Waals surface area contributed by atoms with Gasteiger partial charge in [-0.1, -0.05) is 32.9 Å². The molecule has 2 rings (SSSR count). The zero-order chi connectivity index (χ0) is 12.6. The van der Waals surface area contributed by atoms with E-state index in [1.807, 2.05) is 12.1 Å². The van der Waals surface area contributed by atoms with Crippen molar-refractivity contribution in [3.8, 4) is 0 Å². The van der Waals surface area contributed by atoms with E-state index in [4.69, 9.17) is 14.5 Å². The number of fused-ring (bicyclic) bond motifs is 1. The van der Waals surface area contributed by atoms with Gasteiger partial charge in [0.25, 0.3) is 0 Å². The Morgan fingerprint density at radius 1 is 1.18 bits per heavy atom. The van der Waals surface area contributed by atoms with Crippen LogP contribution in [0.1, 0.15) is 26.3 Å². The van der Waals surface area contributed by atoms with Gasteiger partial charge in [0, 0.05) is 5.39 Å². The quantitative estimate of drug-likeness (QED) is 0.775. The first-order valence-corrected chi connectivity index (χ1v) is 5.74. The van der Waals surface area contributed by atoms with Gasteiger partial charge in [0.1, 0.15) is 11.2 Å². The third kappa shape index (κ3) is 2.90. The van der Waals surface area contributed by atoms with Gasteiger partial charge in [-0.15, -0.1) is 0 Å². The van der Waals surface area contributed by atoms with Gasteiger partial charge >= 0.3 is 7.12 Å². The standard InChI is InChI=1S/C13H17BO3/c1-13(2,3)8-9-4-5-10-7-12(14(15)16)17-11(10)6-9/h4-7,15-16H,8H2,1-3H3. The molecule has 0 amide bonds. The van der Waals surface area contributed by atoms with E-state index in [0.717, 1.165) is 11.8 Å². The van der Waals surface area contributed by atoms with Crippen molar-refractivity contribution < 1.29 is 14.5 Å². The van der Waals surface area contributed by atoms with Crippen LogP contribution >= 0.6 is 0 Å². The van der Waals surface area contributed by atoms with Crippen LogP contribution in [0.15, 0.2) is 28.7 Å². The first kappa shape index (κ1) is 12.2. The molecule has 0 bridgehead atoms. The van der Waals surface area contributed by atoms with Crippen molar-refractivity contribution in [1.82, 2.24) is 0 Å². The van der Waals surface area contributed by atoms with Gasteiger partial charge in [0.2, 0.25) is 0 Å². The highest BCUT2D eigenvalue weighted by atomic mass is 16.4. The van der Waals surface area contributed by atoms with E-state index in [1.54, 1.807) is 6.07 Å². The molecule has 0 spiro atoms. The smallest absolute Gasteiger partial charge is 0.465 e. The Kier molecular flexibility index (Phi) is 3.02. The second-order valence-electron chi connectivity index (χ2n) is 5.63. The monoisotopic (exact) mass is 232 g/mol. The molecule has 0 radical (unpaired) electrons. The highest BCUT2D eigenvalue weighted by Crippen LogP contribution is 2.23. The van der Waals surface area contributed by atoms with Crippen LogP contribution in [0.2, 0.25) is 0 Å². The van der Waals surface area contributed by atoms with E-state index < -0.39 is 7.12 Å². The predicted octanol–water partition coefficient (Wildman–Crippen LogP) is 1.70. The highest BCUT2D eigenvalue weighted by Gasteiger charge is 2.18. The molecule has 17 heavy (non-hydrogen) atoms.